The first-order valence-corrected chi connectivity index (χ1v) is 18.2. The van der Waals surface area contributed by atoms with Crippen molar-refractivity contribution >= 4 is 29.8 Å². The van der Waals surface area contributed by atoms with E-state index in [1.165, 1.54) is 19.9 Å². The Bertz CT molecular complexity index is 2130. The van der Waals surface area contributed by atoms with Crippen LogP contribution >= 0.6 is 0 Å². The summed E-state index contributed by atoms with van der Waals surface area (Å²) in [7, 11) is 0. The second-order valence-corrected chi connectivity index (χ2v) is 13.4. The first kappa shape index (κ1) is 45.3. The molecule has 0 aliphatic heterocycles. The number of carbonyl (C=O) groups is 5. The Kier molecular flexibility index (Phi) is 17.1. The summed E-state index contributed by atoms with van der Waals surface area (Å²) in [5.74, 6) is -2.01. The number of rotatable bonds is 16. The summed E-state index contributed by atoms with van der Waals surface area (Å²) in [5.41, 5.74) is 7.40. The zero-order chi connectivity index (χ0) is 42.9. The molecule has 0 fully saturated rings. The second-order valence-electron chi connectivity index (χ2n) is 13.4. The van der Waals surface area contributed by atoms with Gasteiger partial charge in [0.2, 0.25) is 0 Å². The van der Waals surface area contributed by atoms with E-state index in [-0.39, 0.29) is 34.6 Å². The van der Waals surface area contributed by atoms with Crippen LogP contribution in [0, 0.1) is 0 Å². The average molecular weight is 785 g/mol. The summed E-state index contributed by atoms with van der Waals surface area (Å²) < 4.78 is 26.0. The Morgan fingerprint density at radius 1 is 0.397 bits per heavy atom. The molecule has 10 heteroatoms. The highest BCUT2D eigenvalue weighted by Crippen LogP contribution is 2.34. The fourth-order valence-electron chi connectivity index (χ4n) is 4.63. The molecule has 0 atom stereocenters. The average Bonchev–Trinajstić information content (AvgIpc) is 3.19. The minimum absolute atomic E-state index is 0.0629. The summed E-state index contributed by atoms with van der Waals surface area (Å²) in [6, 6.07) is 27.9. The number of hydrogen-bond donors (Lipinski definition) is 0. The van der Waals surface area contributed by atoms with Gasteiger partial charge >= 0.3 is 29.8 Å². The maximum absolute atomic E-state index is 12.0. The molecule has 0 aromatic heterocycles. The smallest absolute Gasteiger partial charge is 0.338 e. The summed E-state index contributed by atoms with van der Waals surface area (Å²) in [6.45, 7) is 26.3. The summed E-state index contributed by atoms with van der Waals surface area (Å²) in [4.78, 5) is 58.3. The number of ether oxygens (including phenoxy) is 5. The Labute approximate surface area is 339 Å². The Morgan fingerprint density at radius 3 is 1.12 bits per heavy atom. The molecule has 0 spiro atoms. The van der Waals surface area contributed by atoms with E-state index in [0.29, 0.717) is 54.1 Å². The zero-order valence-electron chi connectivity index (χ0n) is 33.6. The fourth-order valence-corrected chi connectivity index (χ4v) is 4.63. The van der Waals surface area contributed by atoms with Crippen LogP contribution in [-0.4, -0.2) is 43.1 Å². The van der Waals surface area contributed by atoms with Gasteiger partial charge in [0.05, 0.1) is 13.2 Å². The zero-order valence-corrected chi connectivity index (χ0v) is 33.6. The Hall–Kier alpha value is -7.07. The number of esters is 5. The molecule has 0 aliphatic carbocycles. The van der Waals surface area contributed by atoms with Crippen LogP contribution in [-0.2, 0) is 46.3 Å². The minimum Gasteiger partial charge on any atom is -0.462 e. The molecule has 0 saturated heterocycles. The quantitative estimate of drug-likeness (QED) is 0.0615. The molecule has 0 unspecified atom stereocenters. The monoisotopic (exact) mass is 784 g/mol. The minimum atomic E-state index is -0.651. The van der Waals surface area contributed by atoms with Crippen LogP contribution in [0.2, 0.25) is 0 Å². The van der Waals surface area contributed by atoms with Crippen molar-refractivity contribution in [1.82, 2.24) is 0 Å². The third kappa shape index (κ3) is 14.5. The highest BCUT2D eigenvalue weighted by atomic mass is 16.6. The highest BCUT2D eigenvalue weighted by molar-refractivity contribution is 5.92. The topological polar surface area (TPSA) is 132 Å². The van der Waals surface area contributed by atoms with Crippen molar-refractivity contribution in [2.24, 2.45) is 0 Å². The van der Waals surface area contributed by atoms with Crippen LogP contribution in [0.3, 0.4) is 0 Å². The second kappa shape index (κ2) is 21.9. The molecule has 0 aliphatic rings. The predicted octanol–water partition coefficient (Wildman–Crippen LogP) is 9.48. The maximum Gasteiger partial charge on any atom is 0.338 e. The van der Waals surface area contributed by atoms with Gasteiger partial charge in [0.1, 0.15) is 5.75 Å². The van der Waals surface area contributed by atoms with Gasteiger partial charge in [-0.25, -0.2) is 24.0 Å². The Morgan fingerprint density at radius 2 is 0.724 bits per heavy atom. The van der Waals surface area contributed by atoms with Crippen LogP contribution < -0.4 is 14.2 Å². The summed E-state index contributed by atoms with van der Waals surface area (Å²) in [6.07, 6.45) is 1.34. The van der Waals surface area contributed by atoms with Gasteiger partial charge in [0.25, 0.3) is 0 Å². The van der Waals surface area contributed by atoms with Crippen LogP contribution in [0.4, 0.5) is 0 Å². The van der Waals surface area contributed by atoms with E-state index in [9.17, 15) is 24.0 Å². The van der Waals surface area contributed by atoms with Crippen molar-refractivity contribution in [3.05, 3.63) is 163 Å². The molecule has 300 valence electrons. The first-order chi connectivity index (χ1) is 27.4. The molecule has 0 N–H and O–H groups in total. The van der Waals surface area contributed by atoms with Gasteiger partial charge < -0.3 is 23.7 Å². The van der Waals surface area contributed by atoms with E-state index in [2.05, 4.69) is 57.2 Å². The lowest BCUT2D eigenvalue weighted by Crippen LogP contribution is -2.12. The molecule has 0 saturated carbocycles. The summed E-state index contributed by atoms with van der Waals surface area (Å²) >= 11 is 0. The van der Waals surface area contributed by atoms with Gasteiger partial charge in [-0.05, 0) is 92.3 Å². The van der Waals surface area contributed by atoms with Gasteiger partial charge in [0, 0.05) is 40.7 Å². The predicted molar refractivity (Wildman–Crippen MR) is 224 cm³/mol. The van der Waals surface area contributed by atoms with E-state index in [1.807, 2.05) is 24.3 Å². The van der Waals surface area contributed by atoms with E-state index in [0.717, 1.165) is 27.8 Å². The lowest BCUT2D eigenvalue weighted by molar-refractivity contribution is -0.139. The van der Waals surface area contributed by atoms with E-state index < -0.39 is 17.9 Å². The van der Waals surface area contributed by atoms with Crippen LogP contribution in [0.5, 0.6) is 17.2 Å². The SMILES string of the molecule is C=C(C)C(=O)OCCc1ccc(-c2ccc(CCOC(=O)C(=C)C)cc2)cc1.C=C(C)C(=O)Oc1ccc(-c2ccc(OC(=O)C(=C)C)c(OC(=O)C(=C)C)c2)cc1. The largest absolute Gasteiger partial charge is 0.462 e. The van der Waals surface area contributed by atoms with Crippen molar-refractivity contribution in [2.75, 3.05) is 13.2 Å². The number of benzene rings is 4. The molecule has 10 nitrogen and oxygen atoms in total. The van der Waals surface area contributed by atoms with E-state index >= 15 is 0 Å². The summed E-state index contributed by atoms with van der Waals surface area (Å²) in [5, 5.41) is 0. The normalized spacial score (nSPS) is 10.1. The van der Waals surface area contributed by atoms with Crippen molar-refractivity contribution in [1.29, 1.82) is 0 Å². The molecular weight excluding hydrogens is 737 g/mol. The highest BCUT2D eigenvalue weighted by Gasteiger charge is 2.17. The van der Waals surface area contributed by atoms with Crippen molar-refractivity contribution in [2.45, 2.75) is 47.5 Å². The number of carbonyl (C=O) groups excluding carboxylic acids is 5. The number of hydrogen-bond acceptors (Lipinski definition) is 10. The van der Waals surface area contributed by atoms with Gasteiger partial charge in [-0.15, -0.1) is 0 Å². The van der Waals surface area contributed by atoms with Crippen molar-refractivity contribution in [3.8, 4) is 39.5 Å². The molecule has 4 aromatic carbocycles. The fraction of sp³-hybridized carbons (Fsp3) is 0.188. The van der Waals surface area contributed by atoms with Gasteiger partial charge in [-0.3, -0.25) is 0 Å². The van der Waals surface area contributed by atoms with Gasteiger partial charge in [-0.1, -0.05) is 99.6 Å². The molecular formula is C48H48O10. The molecule has 58 heavy (non-hydrogen) atoms. The molecule has 0 heterocycles. The third-order valence-electron chi connectivity index (χ3n) is 7.98. The van der Waals surface area contributed by atoms with Crippen molar-refractivity contribution < 1.29 is 47.7 Å². The van der Waals surface area contributed by atoms with Crippen molar-refractivity contribution in [3.63, 3.8) is 0 Å². The maximum atomic E-state index is 12.0. The molecule has 4 aromatic rings. The molecule has 4 rings (SSSR count). The molecule has 0 radical (unpaired) electrons. The Balaban J connectivity index is 0.000000311. The van der Waals surface area contributed by atoms with Gasteiger partial charge in [-0.2, -0.15) is 0 Å². The van der Waals surface area contributed by atoms with Gasteiger partial charge in [0.15, 0.2) is 11.5 Å². The van der Waals surface area contributed by atoms with E-state index in [4.69, 9.17) is 23.7 Å². The molecule has 0 amide bonds. The standard InChI is InChI=1S/C24H22O6.C24H26O4/c1-14(2)22(25)28-19-10-7-17(8-11-19)18-9-12-20(29-23(26)15(3)4)21(13-18)30-24(27)16(5)6;1-17(2)23(25)27-15-13-19-5-9-21(10-6-19)22-11-7-20(8-12-22)14-16-28-24(26)18(3)4/h7-13H,1,3,5H2,2,4,6H3;5-12H,1,3,13-16H2,2,4H3. The van der Waals surface area contributed by atoms with E-state index in [1.54, 1.807) is 57.2 Å². The molecule has 0 bridgehead atoms. The first-order valence-electron chi connectivity index (χ1n) is 18.2. The lowest BCUT2D eigenvalue weighted by Gasteiger charge is -2.13. The third-order valence-corrected chi connectivity index (χ3v) is 7.98. The van der Waals surface area contributed by atoms with Crippen LogP contribution in [0.1, 0.15) is 45.7 Å². The van der Waals surface area contributed by atoms with Crippen LogP contribution in [0.15, 0.2) is 152 Å². The lowest BCUT2D eigenvalue weighted by atomic mass is 10.0. The van der Waals surface area contributed by atoms with Crippen LogP contribution in [0.25, 0.3) is 22.3 Å².